The summed E-state index contributed by atoms with van der Waals surface area (Å²) in [6.07, 6.45) is 1.07. The van der Waals surface area contributed by atoms with Crippen LogP contribution in [0, 0.1) is 11.8 Å². The Bertz CT molecular complexity index is 511. The van der Waals surface area contributed by atoms with Gasteiger partial charge in [0.2, 0.25) is 0 Å². The molecule has 2 aliphatic carbocycles. The van der Waals surface area contributed by atoms with E-state index in [9.17, 15) is 18.0 Å². The molecule has 0 aromatic carbocycles. The minimum Gasteiger partial charge on any atom is -0.361 e. The van der Waals surface area contributed by atoms with E-state index in [1.54, 1.807) is 6.92 Å². The number of hydrogen-bond acceptors (Lipinski definition) is 4. The maximum absolute atomic E-state index is 12.1. The lowest BCUT2D eigenvalue weighted by Crippen LogP contribution is -2.38. The number of alkyl halides is 3. The number of nitrogens with zero attached hydrogens (tertiary/aromatic N) is 1. The van der Waals surface area contributed by atoms with Gasteiger partial charge in [0.05, 0.1) is 6.54 Å². The third kappa shape index (κ3) is 4.02. The first-order valence-electron chi connectivity index (χ1n) is 8.11. The Labute approximate surface area is 138 Å². The number of carbonyl (C=O) groups is 1. The van der Waals surface area contributed by atoms with Crippen molar-refractivity contribution >= 4 is 22.8 Å². The molecule has 23 heavy (non-hydrogen) atoms. The number of carbonyl (C=O) groups excluding carboxylic acids is 1. The first kappa shape index (κ1) is 17.1. The molecule has 0 saturated heterocycles. The Morgan fingerprint density at radius 2 is 2.13 bits per heavy atom. The highest BCUT2D eigenvalue weighted by Gasteiger charge is 2.44. The summed E-state index contributed by atoms with van der Waals surface area (Å²) in [7, 11) is 0. The molecule has 4 nitrogen and oxygen atoms in total. The van der Waals surface area contributed by atoms with E-state index in [0.29, 0.717) is 23.5 Å². The average molecular weight is 349 g/mol. The zero-order valence-electron chi connectivity index (χ0n) is 13.1. The Kier molecular flexibility index (Phi) is 4.66. The van der Waals surface area contributed by atoms with Crippen molar-refractivity contribution in [3.63, 3.8) is 0 Å². The van der Waals surface area contributed by atoms with E-state index in [4.69, 9.17) is 0 Å². The van der Waals surface area contributed by atoms with Gasteiger partial charge < -0.3 is 10.6 Å². The summed E-state index contributed by atoms with van der Waals surface area (Å²) in [6, 6.07) is 0.401. The zero-order chi connectivity index (χ0) is 16.7. The highest BCUT2D eigenvalue weighted by molar-refractivity contribution is 8.16. The predicted octanol–water partition coefficient (Wildman–Crippen LogP) is 2.69. The fourth-order valence-electron chi connectivity index (χ4n) is 3.85. The number of aliphatic imine (C=N–C) groups is 1. The Morgan fingerprint density at radius 1 is 1.35 bits per heavy atom. The van der Waals surface area contributed by atoms with Crippen LogP contribution in [-0.4, -0.2) is 41.1 Å². The van der Waals surface area contributed by atoms with Crippen molar-refractivity contribution in [1.82, 2.24) is 10.6 Å². The second kappa shape index (κ2) is 6.27. The normalized spacial score (nSPS) is 36.6. The molecule has 2 N–H and O–H groups in total. The van der Waals surface area contributed by atoms with Crippen LogP contribution in [0.15, 0.2) is 4.99 Å². The van der Waals surface area contributed by atoms with Crippen LogP contribution in [0.4, 0.5) is 13.2 Å². The second-order valence-corrected chi connectivity index (χ2v) is 8.51. The summed E-state index contributed by atoms with van der Waals surface area (Å²) in [6.45, 7) is 0.874. The van der Waals surface area contributed by atoms with E-state index in [1.165, 1.54) is 31.0 Å². The molecule has 1 aliphatic heterocycles. The summed E-state index contributed by atoms with van der Waals surface area (Å²) in [5.74, 6) is 1.24. The van der Waals surface area contributed by atoms with Crippen LogP contribution in [0.5, 0.6) is 0 Å². The summed E-state index contributed by atoms with van der Waals surface area (Å²) in [5.41, 5.74) is 0. The van der Waals surface area contributed by atoms with Crippen molar-refractivity contribution in [1.29, 1.82) is 0 Å². The summed E-state index contributed by atoms with van der Waals surface area (Å²) in [5, 5.41) is 6.39. The van der Waals surface area contributed by atoms with Gasteiger partial charge in [-0.3, -0.25) is 4.79 Å². The molecule has 130 valence electrons. The number of amides is 1. The number of fused-ring (bicyclic) bond motifs is 2. The quantitative estimate of drug-likeness (QED) is 0.750. The van der Waals surface area contributed by atoms with Gasteiger partial charge in [0.1, 0.15) is 4.75 Å². The van der Waals surface area contributed by atoms with Gasteiger partial charge in [-0.05, 0) is 51.0 Å². The molecule has 2 bridgehead atoms. The van der Waals surface area contributed by atoms with Gasteiger partial charge in [0.15, 0.2) is 5.17 Å². The van der Waals surface area contributed by atoms with Crippen molar-refractivity contribution in [2.24, 2.45) is 16.8 Å². The molecule has 8 heteroatoms. The topological polar surface area (TPSA) is 53.5 Å². The number of amidine groups is 1. The number of nitrogens with one attached hydrogen (secondary N) is 2. The number of rotatable bonds is 5. The van der Waals surface area contributed by atoms with Crippen LogP contribution in [-0.2, 0) is 4.79 Å². The fourth-order valence-corrected chi connectivity index (χ4v) is 4.95. The Balaban J connectivity index is 1.46. The smallest absolute Gasteiger partial charge is 0.361 e. The van der Waals surface area contributed by atoms with E-state index < -0.39 is 17.5 Å². The van der Waals surface area contributed by atoms with Crippen LogP contribution >= 0.6 is 11.8 Å². The van der Waals surface area contributed by atoms with Crippen molar-refractivity contribution in [3.05, 3.63) is 0 Å². The summed E-state index contributed by atoms with van der Waals surface area (Å²) in [4.78, 5) is 16.2. The van der Waals surface area contributed by atoms with Crippen LogP contribution in [0.25, 0.3) is 0 Å². The number of thioether (sulfide) groups is 1. The first-order valence-corrected chi connectivity index (χ1v) is 8.93. The fraction of sp³-hybridized carbons (Fsp3) is 0.867. The largest absolute Gasteiger partial charge is 0.401 e. The first-order chi connectivity index (χ1) is 10.8. The van der Waals surface area contributed by atoms with Crippen LogP contribution in [0.2, 0.25) is 0 Å². The number of halogens is 3. The van der Waals surface area contributed by atoms with E-state index in [-0.39, 0.29) is 12.5 Å². The van der Waals surface area contributed by atoms with E-state index >= 15 is 0 Å². The minimum atomic E-state index is -4.22. The molecule has 4 atom stereocenters. The van der Waals surface area contributed by atoms with Gasteiger partial charge in [-0.15, -0.1) is 0 Å². The lowest BCUT2D eigenvalue weighted by molar-refractivity contribution is -0.124. The van der Waals surface area contributed by atoms with Gasteiger partial charge in [-0.2, -0.15) is 18.2 Å². The van der Waals surface area contributed by atoms with E-state index in [0.717, 1.165) is 12.3 Å². The standard InChI is InChI=1S/C15H22F3N3OS/c1-14(4-5-19-8-15(16,17)18)12(22)21-13(23-14)20-11-7-9-2-3-10(11)6-9/h9-11,19H,2-8H2,1H3,(H,20,21,22). The Hall–Kier alpha value is -0.760. The lowest BCUT2D eigenvalue weighted by Gasteiger charge is -2.25. The SMILES string of the molecule is CC1(CCNCC(F)(F)F)SC(NC2CC3CCC2C3)=NC1=O. The predicted molar refractivity (Wildman–Crippen MR) is 84.4 cm³/mol. The van der Waals surface area contributed by atoms with Crippen molar-refractivity contribution in [2.75, 3.05) is 13.1 Å². The molecule has 1 heterocycles. The maximum atomic E-state index is 12.1. The van der Waals surface area contributed by atoms with Crippen LogP contribution < -0.4 is 10.6 Å². The molecule has 0 aromatic rings. The van der Waals surface area contributed by atoms with Gasteiger partial charge >= 0.3 is 6.18 Å². The van der Waals surface area contributed by atoms with Crippen LogP contribution in [0.3, 0.4) is 0 Å². The van der Waals surface area contributed by atoms with Gasteiger partial charge in [0.25, 0.3) is 5.91 Å². The van der Waals surface area contributed by atoms with E-state index in [2.05, 4.69) is 15.6 Å². The third-order valence-corrected chi connectivity index (χ3v) is 6.36. The summed E-state index contributed by atoms with van der Waals surface area (Å²) < 4.78 is 35.6. The molecule has 0 aromatic heterocycles. The minimum absolute atomic E-state index is 0.145. The van der Waals surface area contributed by atoms with Crippen LogP contribution in [0.1, 0.15) is 39.0 Å². The van der Waals surface area contributed by atoms with Gasteiger partial charge in [-0.1, -0.05) is 18.2 Å². The molecule has 3 rings (SSSR count). The highest BCUT2D eigenvalue weighted by atomic mass is 32.2. The monoisotopic (exact) mass is 349 g/mol. The molecule has 0 spiro atoms. The van der Waals surface area contributed by atoms with Gasteiger partial charge in [-0.25, -0.2) is 0 Å². The molecule has 3 aliphatic rings. The van der Waals surface area contributed by atoms with Crippen molar-refractivity contribution < 1.29 is 18.0 Å². The summed E-state index contributed by atoms with van der Waals surface area (Å²) >= 11 is 1.36. The lowest BCUT2D eigenvalue weighted by atomic mass is 9.96. The average Bonchev–Trinajstić information content (AvgIpc) is 3.11. The molecule has 0 radical (unpaired) electrons. The number of hydrogen-bond donors (Lipinski definition) is 2. The molecule has 4 unspecified atom stereocenters. The Morgan fingerprint density at radius 3 is 2.74 bits per heavy atom. The molecule has 2 fully saturated rings. The van der Waals surface area contributed by atoms with Crippen molar-refractivity contribution in [2.45, 2.75) is 56.0 Å². The second-order valence-electron chi connectivity index (χ2n) is 7.02. The molecule has 2 saturated carbocycles. The molecular weight excluding hydrogens is 327 g/mol. The zero-order valence-corrected chi connectivity index (χ0v) is 13.9. The van der Waals surface area contributed by atoms with Gasteiger partial charge in [0, 0.05) is 6.04 Å². The molecular formula is C15H22F3N3OS. The molecule has 1 amide bonds. The van der Waals surface area contributed by atoms with E-state index in [1.807, 2.05) is 0 Å². The highest BCUT2D eigenvalue weighted by Crippen LogP contribution is 2.45. The third-order valence-electron chi connectivity index (χ3n) is 5.13. The maximum Gasteiger partial charge on any atom is 0.401 e. The van der Waals surface area contributed by atoms with Crippen molar-refractivity contribution in [3.8, 4) is 0 Å².